The summed E-state index contributed by atoms with van der Waals surface area (Å²) >= 11 is 6.04. The molecule has 0 radical (unpaired) electrons. The molecule has 3 rings (SSSR count). The van der Waals surface area contributed by atoms with Gasteiger partial charge in [0.25, 0.3) is 0 Å². The fourth-order valence-corrected chi connectivity index (χ4v) is 3.35. The summed E-state index contributed by atoms with van der Waals surface area (Å²) in [5.74, 6) is 1.17. The highest BCUT2D eigenvalue weighted by Crippen LogP contribution is 2.33. The quantitative estimate of drug-likeness (QED) is 0.781. The van der Waals surface area contributed by atoms with Gasteiger partial charge in [0.15, 0.2) is 0 Å². The number of hydrogen-bond acceptors (Lipinski definition) is 4. The molecule has 0 spiro atoms. The first-order chi connectivity index (χ1) is 11.8. The summed E-state index contributed by atoms with van der Waals surface area (Å²) in [6.45, 7) is 6.98. The molecule has 1 unspecified atom stereocenters. The highest BCUT2D eigenvalue weighted by Gasteiger charge is 2.33. The molecule has 2 aromatic rings. The van der Waals surface area contributed by atoms with Gasteiger partial charge in [-0.25, -0.2) is 0 Å². The van der Waals surface area contributed by atoms with Gasteiger partial charge in [0, 0.05) is 23.6 Å². The molecule has 0 saturated carbocycles. The SMILES string of the molecule is CC(C)(C)CC(=O)N1CCCCC1c1nc(-c2cccc(Cl)c2)no1. The fraction of sp³-hybridized carbons (Fsp3) is 0.526. The molecule has 0 aliphatic carbocycles. The molecular weight excluding hydrogens is 338 g/mol. The van der Waals surface area contributed by atoms with Gasteiger partial charge in [0.2, 0.25) is 17.6 Å². The van der Waals surface area contributed by atoms with Crippen molar-refractivity contribution in [2.45, 2.75) is 52.5 Å². The fourth-order valence-electron chi connectivity index (χ4n) is 3.16. The van der Waals surface area contributed by atoms with Gasteiger partial charge in [0.05, 0.1) is 0 Å². The molecule has 0 N–H and O–H groups in total. The molecule has 1 aliphatic rings. The first-order valence-electron chi connectivity index (χ1n) is 8.72. The van der Waals surface area contributed by atoms with Crippen LogP contribution in [0.25, 0.3) is 11.4 Å². The van der Waals surface area contributed by atoms with Crippen LogP contribution in [0.15, 0.2) is 28.8 Å². The van der Waals surface area contributed by atoms with Gasteiger partial charge in [0.1, 0.15) is 6.04 Å². The van der Waals surface area contributed by atoms with Crippen LogP contribution in [0, 0.1) is 5.41 Å². The van der Waals surface area contributed by atoms with Gasteiger partial charge < -0.3 is 9.42 Å². The number of benzene rings is 1. The number of likely N-dealkylation sites (tertiary alicyclic amines) is 1. The Kier molecular flexibility index (Phi) is 5.13. The maximum absolute atomic E-state index is 12.7. The van der Waals surface area contributed by atoms with Crippen molar-refractivity contribution in [1.29, 1.82) is 0 Å². The topological polar surface area (TPSA) is 59.2 Å². The monoisotopic (exact) mass is 361 g/mol. The summed E-state index contributed by atoms with van der Waals surface area (Å²) in [5, 5.41) is 4.72. The maximum Gasteiger partial charge on any atom is 0.249 e. The molecule has 25 heavy (non-hydrogen) atoms. The molecule has 1 amide bonds. The Morgan fingerprint density at radius 1 is 1.36 bits per heavy atom. The highest BCUT2D eigenvalue weighted by molar-refractivity contribution is 6.30. The van der Waals surface area contributed by atoms with E-state index in [4.69, 9.17) is 16.1 Å². The molecule has 2 heterocycles. The van der Waals surface area contributed by atoms with E-state index in [-0.39, 0.29) is 17.4 Å². The van der Waals surface area contributed by atoms with Crippen molar-refractivity contribution in [2.24, 2.45) is 5.41 Å². The second-order valence-electron chi connectivity index (χ2n) is 7.80. The Hall–Kier alpha value is -1.88. The van der Waals surface area contributed by atoms with Crippen LogP contribution >= 0.6 is 11.6 Å². The van der Waals surface area contributed by atoms with Crippen molar-refractivity contribution in [1.82, 2.24) is 15.0 Å². The molecule has 1 aliphatic heterocycles. The van der Waals surface area contributed by atoms with Crippen LogP contribution in [0.5, 0.6) is 0 Å². The average Bonchev–Trinajstić information content (AvgIpc) is 3.03. The zero-order valence-corrected chi connectivity index (χ0v) is 15.7. The summed E-state index contributed by atoms with van der Waals surface area (Å²) in [7, 11) is 0. The number of carbonyl (C=O) groups is 1. The summed E-state index contributed by atoms with van der Waals surface area (Å²) in [6.07, 6.45) is 3.44. The van der Waals surface area contributed by atoms with E-state index in [1.807, 2.05) is 17.0 Å². The molecule has 1 fully saturated rings. The van der Waals surface area contributed by atoms with Crippen molar-refractivity contribution in [3.05, 3.63) is 35.2 Å². The normalized spacial score (nSPS) is 18.4. The van der Waals surface area contributed by atoms with Crippen molar-refractivity contribution < 1.29 is 9.32 Å². The lowest BCUT2D eigenvalue weighted by atomic mass is 9.90. The van der Waals surface area contributed by atoms with E-state index >= 15 is 0 Å². The largest absolute Gasteiger partial charge is 0.337 e. The Balaban J connectivity index is 1.82. The Morgan fingerprint density at radius 3 is 2.88 bits per heavy atom. The van der Waals surface area contributed by atoms with Gasteiger partial charge in [-0.3, -0.25) is 4.79 Å². The number of rotatable bonds is 3. The molecule has 6 heteroatoms. The van der Waals surface area contributed by atoms with Gasteiger partial charge in [-0.1, -0.05) is 49.7 Å². The molecule has 0 bridgehead atoms. The number of aromatic nitrogens is 2. The molecule has 1 atom stereocenters. The molecular formula is C19H24ClN3O2. The summed E-state index contributed by atoms with van der Waals surface area (Å²) in [6, 6.07) is 7.22. The van der Waals surface area contributed by atoms with Crippen LogP contribution in [-0.2, 0) is 4.79 Å². The van der Waals surface area contributed by atoms with E-state index in [0.29, 0.717) is 23.2 Å². The predicted molar refractivity (Wildman–Crippen MR) is 97.1 cm³/mol. The number of piperidine rings is 1. The smallest absolute Gasteiger partial charge is 0.249 e. The minimum Gasteiger partial charge on any atom is -0.337 e. The molecule has 134 valence electrons. The van der Waals surface area contributed by atoms with Crippen molar-refractivity contribution in [3.8, 4) is 11.4 Å². The third-order valence-corrected chi connectivity index (χ3v) is 4.55. The van der Waals surface area contributed by atoms with E-state index in [9.17, 15) is 4.79 Å². The van der Waals surface area contributed by atoms with Crippen LogP contribution < -0.4 is 0 Å². The van der Waals surface area contributed by atoms with E-state index < -0.39 is 0 Å². The summed E-state index contributed by atoms with van der Waals surface area (Å²) in [5.41, 5.74) is 0.769. The average molecular weight is 362 g/mol. The minimum atomic E-state index is -0.135. The van der Waals surface area contributed by atoms with Crippen LogP contribution in [-0.4, -0.2) is 27.5 Å². The number of carbonyl (C=O) groups excluding carboxylic acids is 1. The van der Waals surface area contributed by atoms with Crippen LogP contribution in [0.4, 0.5) is 0 Å². The van der Waals surface area contributed by atoms with Gasteiger partial charge in [-0.15, -0.1) is 0 Å². The molecule has 1 saturated heterocycles. The van der Waals surface area contributed by atoms with E-state index in [0.717, 1.165) is 31.4 Å². The van der Waals surface area contributed by atoms with Gasteiger partial charge in [-0.2, -0.15) is 4.98 Å². The highest BCUT2D eigenvalue weighted by atomic mass is 35.5. The number of nitrogens with zero attached hydrogens (tertiary/aromatic N) is 3. The Bertz CT molecular complexity index is 751. The first kappa shape index (κ1) is 17.9. The Morgan fingerprint density at radius 2 is 2.16 bits per heavy atom. The Labute approximate surface area is 153 Å². The second-order valence-corrected chi connectivity index (χ2v) is 8.24. The maximum atomic E-state index is 12.7. The third kappa shape index (κ3) is 4.40. The molecule has 5 nitrogen and oxygen atoms in total. The van der Waals surface area contributed by atoms with Crippen molar-refractivity contribution in [2.75, 3.05) is 6.54 Å². The van der Waals surface area contributed by atoms with E-state index in [2.05, 4.69) is 30.9 Å². The summed E-state index contributed by atoms with van der Waals surface area (Å²) < 4.78 is 5.51. The van der Waals surface area contributed by atoms with Gasteiger partial charge >= 0.3 is 0 Å². The van der Waals surface area contributed by atoms with Crippen molar-refractivity contribution >= 4 is 17.5 Å². The standard InChI is InChI=1S/C19H24ClN3O2/c1-19(2,3)12-16(24)23-10-5-4-9-15(23)18-21-17(22-25-18)13-7-6-8-14(20)11-13/h6-8,11,15H,4-5,9-10,12H2,1-3H3. The zero-order valence-electron chi connectivity index (χ0n) is 15.0. The van der Waals surface area contributed by atoms with E-state index in [1.54, 1.807) is 12.1 Å². The zero-order chi connectivity index (χ0) is 18.0. The first-order valence-corrected chi connectivity index (χ1v) is 9.10. The van der Waals surface area contributed by atoms with Crippen LogP contribution in [0.3, 0.4) is 0 Å². The van der Waals surface area contributed by atoms with Gasteiger partial charge in [-0.05, 0) is 36.8 Å². The van der Waals surface area contributed by atoms with Crippen LogP contribution in [0.1, 0.15) is 58.4 Å². The predicted octanol–water partition coefficient (Wildman–Crippen LogP) is 4.88. The third-order valence-electron chi connectivity index (χ3n) is 4.31. The molecule has 1 aromatic heterocycles. The number of halogens is 1. The number of amides is 1. The van der Waals surface area contributed by atoms with E-state index in [1.165, 1.54) is 0 Å². The lowest BCUT2D eigenvalue weighted by molar-refractivity contribution is -0.137. The van der Waals surface area contributed by atoms with Crippen molar-refractivity contribution in [3.63, 3.8) is 0 Å². The number of hydrogen-bond donors (Lipinski definition) is 0. The summed E-state index contributed by atoms with van der Waals surface area (Å²) in [4.78, 5) is 19.2. The molecule has 1 aromatic carbocycles. The second kappa shape index (κ2) is 7.16. The minimum absolute atomic E-state index is 0.0418. The lowest BCUT2D eigenvalue weighted by Gasteiger charge is -2.35. The lowest BCUT2D eigenvalue weighted by Crippen LogP contribution is -2.40. The van der Waals surface area contributed by atoms with Crippen LogP contribution in [0.2, 0.25) is 5.02 Å².